The lowest BCUT2D eigenvalue weighted by molar-refractivity contribution is 0.347. The van der Waals surface area contributed by atoms with Gasteiger partial charge in [0.05, 0.1) is 11.6 Å². The van der Waals surface area contributed by atoms with E-state index in [0.29, 0.717) is 10.2 Å². The molecular formula is C19H20BrNO4S2. The normalized spacial score (nSPS) is 14.7. The van der Waals surface area contributed by atoms with Crippen LogP contribution in [0.1, 0.15) is 24.8 Å². The topological polar surface area (TPSA) is 55.8 Å². The molecule has 27 heavy (non-hydrogen) atoms. The van der Waals surface area contributed by atoms with Gasteiger partial charge in [0.15, 0.2) is 11.5 Å². The zero-order chi connectivity index (χ0) is 19.4. The molecule has 0 atom stereocenters. The van der Waals surface area contributed by atoms with Crippen LogP contribution in [0.4, 0.5) is 0 Å². The Morgan fingerprint density at radius 1 is 1.11 bits per heavy atom. The standard InChI is InChI=1S/C19H20BrNO4S2/c1-24-17-13-14(19(26)21-10-6-3-7-11-21)12-16(20)18(17)25-27(22,23)15-8-4-2-5-9-15/h2,4-5,8-9,12-13H,3,6-7,10-11H2,1H3. The number of hydrogen-bond acceptors (Lipinski definition) is 5. The quantitative estimate of drug-likeness (QED) is 0.478. The third-order valence-corrected chi connectivity index (χ3v) is 6.66. The molecule has 1 aliphatic heterocycles. The summed E-state index contributed by atoms with van der Waals surface area (Å²) in [4.78, 5) is 2.97. The van der Waals surface area contributed by atoms with Crippen LogP contribution < -0.4 is 8.92 Å². The Kier molecular flexibility index (Phi) is 6.39. The Balaban J connectivity index is 1.92. The summed E-state index contributed by atoms with van der Waals surface area (Å²) in [5.41, 5.74) is 0.792. The lowest BCUT2D eigenvalue weighted by atomic mass is 10.1. The van der Waals surface area contributed by atoms with Gasteiger partial charge in [-0.2, -0.15) is 8.42 Å². The number of methoxy groups -OCH3 is 1. The smallest absolute Gasteiger partial charge is 0.339 e. The largest absolute Gasteiger partial charge is 0.493 e. The highest BCUT2D eigenvalue weighted by Gasteiger charge is 2.23. The highest BCUT2D eigenvalue weighted by molar-refractivity contribution is 9.10. The van der Waals surface area contributed by atoms with Crippen molar-refractivity contribution >= 4 is 43.3 Å². The SMILES string of the molecule is COc1cc(C(=S)N2CCCCC2)cc(Br)c1OS(=O)(=O)c1ccccc1. The van der Waals surface area contributed by atoms with E-state index in [-0.39, 0.29) is 10.6 Å². The number of ether oxygens (including phenoxy) is 1. The van der Waals surface area contributed by atoms with Crippen LogP contribution in [0.15, 0.2) is 51.8 Å². The van der Waals surface area contributed by atoms with E-state index in [1.165, 1.54) is 25.7 Å². The van der Waals surface area contributed by atoms with Crippen LogP contribution in [-0.4, -0.2) is 38.5 Å². The number of hydrogen-bond donors (Lipinski definition) is 0. The van der Waals surface area contributed by atoms with Crippen molar-refractivity contribution in [2.75, 3.05) is 20.2 Å². The molecule has 0 saturated carbocycles. The molecule has 0 unspecified atom stereocenters. The molecule has 1 saturated heterocycles. The first-order chi connectivity index (χ1) is 12.9. The molecule has 2 aromatic carbocycles. The summed E-state index contributed by atoms with van der Waals surface area (Å²) in [6.45, 7) is 1.86. The lowest BCUT2D eigenvalue weighted by Gasteiger charge is -2.29. The first-order valence-electron chi connectivity index (χ1n) is 8.59. The monoisotopic (exact) mass is 469 g/mol. The summed E-state index contributed by atoms with van der Waals surface area (Å²) in [5.74, 6) is 0.407. The third kappa shape index (κ3) is 4.62. The van der Waals surface area contributed by atoms with Gasteiger partial charge < -0.3 is 13.8 Å². The Hall–Kier alpha value is -1.64. The molecule has 0 N–H and O–H groups in total. The summed E-state index contributed by atoms with van der Waals surface area (Å²) in [6, 6.07) is 11.5. The number of nitrogens with zero attached hydrogens (tertiary/aromatic N) is 1. The van der Waals surface area contributed by atoms with Crippen molar-refractivity contribution in [1.29, 1.82) is 0 Å². The number of likely N-dealkylation sites (tertiary alicyclic amines) is 1. The van der Waals surface area contributed by atoms with Crippen molar-refractivity contribution < 1.29 is 17.3 Å². The van der Waals surface area contributed by atoms with Crippen molar-refractivity contribution in [2.24, 2.45) is 0 Å². The molecule has 1 heterocycles. The fourth-order valence-electron chi connectivity index (χ4n) is 2.95. The lowest BCUT2D eigenvalue weighted by Crippen LogP contribution is -2.34. The summed E-state index contributed by atoms with van der Waals surface area (Å²) < 4.78 is 36.3. The minimum Gasteiger partial charge on any atom is -0.493 e. The molecular weight excluding hydrogens is 450 g/mol. The van der Waals surface area contributed by atoms with Crippen LogP contribution in [0.25, 0.3) is 0 Å². The predicted octanol–water partition coefficient (Wildman–Crippen LogP) is 4.39. The molecule has 0 amide bonds. The molecule has 3 rings (SSSR count). The van der Waals surface area contributed by atoms with Gasteiger partial charge in [-0.25, -0.2) is 0 Å². The second kappa shape index (κ2) is 8.58. The Morgan fingerprint density at radius 3 is 2.41 bits per heavy atom. The molecule has 0 aromatic heterocycles. The van der Waals surface area contributed by atoms with Crippen molar-refractivity contribution in [3.05, 3.63) is 52.5 Å². The Labute approximate surface area is 173 Å². The van der Waals surface area contributed by atoms with Crippen LogP contribution in [0, 0.1) is 0 Å². The molecule has 0 aliphatic carbocycles. The van der Waals surface area contributed by atoms with Gasteiger partial charge in [-0.3, -0.25) is 0 Å². The van der Waals surface area contributed by atoms with Crippen molar-refractivity contribution in [1.82, 2.24) is 4.90 Å². The van der Waals surface area contributed by atoms with Gasteiger partial charge in [0.2, 0.25) is 0 Å². The second-order valence-corrected chi connectivity index (χ2v) is 8.98. The first kappa shape index (κ1) is 20.1. The van der Waals surface area contributed by atoms with Crippen LogP contribution in [0.2, 0.25) is 0 Å². The molecule has 0 radical (unpaired) electrons. The molecule has 1 fully saturated rings. The number of piperidine rings is 1. The Morgan fingerprint density at radius 2 is 1.78 bits per heavy atom. The van der Waals surface area contributed by atoms with Gasteiger partial charge in [0.1, 0.15) is 9.88 Å². The van der Waals surface area contributed by atoms with E-state index in [0.717, 1.165) is 36.5 Å². The van der Waals surface area contributed by atoms with Gasteiger partial charge in [-0.15, -0.1) is 0 Å². The van der Waals surface area contributed by atoms with Gasteiger partial charge >= 0.3 is 10.1 Å². The minimum atomic E-state index is -3.98. The summed E-state index contributed by atoms with van der Waals surface area (Å²) >= 11 is 9.04. The third-order valence-electron chi connectivity index (χ3n) is 4.34. The molecule has 1 aliphatic rings. The highest BCUT2D eigenvalue weighted by atomic mass is 79.9. The van der Waals surface area contributed by atoms with Crippen LogP contribution in [-0.2, 0) is 10.1 Å². The molecule has 0 spiro atoms. The number of thiocarbonyl (C=S) groups is 1. The average molecular weight is 470 g/mol. The predicted molar refractivity (Wildman–Crippen MR) is 112 cm³/mol. The van der Waals surface area contributed by atoms with Gasteiger partial charge in [0.25, 0.3) is 0 Å². The van der Waals surface area contributed by atoms with Gasteiger partial charge in [-0.05, 0) is 59.5 Å². The van der Waals surface area contributed by atoms with E-state index < -0.39 is 10.1 Å². The van der Waals surface area contributed by atoms with Crippen molar-refractivity contribution in [3.63, 3.8) is 0 Å². The van der Waals surface area contributed by atoms with E-state index in [4.69, 9.17) is 21.1 Å². The van der Waals surface area contributed by atoms with Crippen molar-refractivity contribution in [2.45, 2.75) is 24.2 Å². The van der Waals surface area contributed by atoms with Crippen molar-refractivity contribution in [3.8, 4) is 11.5 Å². The summed E-state index contributed by atoms with van der Waals surface area (Å²) in [7, 11) is -2.51. The molecule has 144 valence electrons. The van der Waals surface area contributed by atoms with Gasteiger partial charge in [-0.1, -0.05) is 30.4 Å². The Bertz CT molecular complexity index is 926. The number of benzene rings is 2. The molecule has 2 aromatic rings. The fraction of sp³-hybridized carbons (Fsp3) is 0.316. The van der Waals surface area contributed by atoms with E-state index in [9.17, 15) is 8.42 Å². The fourth-order valence-corrected chi connectivity index (χ4v) is 4.86. The number of rotatable bonds is 5. The van der Waals surface area contributed by atoms with E-state index in [2.05, 4.69) is 20.8 Å². The van der Waals surface area contributed by atoms with E-state index in [1.54, 1.807) is 30.3 Å². The van der Waals surface area contributed by atoms with Crippen LogP contribution in [0.5, 0.6) is 11.5 Å². The summed E-state index contributed by atoms with van der Waals surface area (Å²) in [6.07, 6.45) is 3.46. The molecule has 8 heteroatoms. The first-order valence-corrected chi connectivity index (χ1v) is 11.2. The zero-order valence-corrected chi connectivity index (χ0v) is 18.1. The second-order valence-electron chi connectivity index (χ2n) is 6.19. The van der Waals surface area contributed by atoms with Crippen LogP contribution in [0.3, 0.4) is 0 Å². The van der Waals surface area contributed by atoms with E-state index in [1.807, 2.05) is 0 Å². The van der Waals surface area contributed by atoms with Crippen LogP contribution >= 0.6 is 28.1 Å². The molecule has 5 nitrogen and oxygen atoms in total. The zero-order valence-electron chi connectivity index (χ0n) is 14.9. The highest BCUT2D eigenvalue weighted by Crippen LogP contribution is 2.39. The number of halogens is 1. The maximum absolute atomic E-state index is 12.6. The maximum Gasteiger partial charge on any atom is 0.339 e. The van der Waals surface area contributed by atoms with Gasteiger partial charge in [0, 0.05) is 18.7 Å². The maximum atomic E-state index is 12.6. The molecule has 0 bridgehead atoms. The average Bonchev–Trinajstić information content (AvgIpc) is 2.70. The summed E-state index contributed by atoms with van der Waals surface area (Å²) in [5, 5.41) is 0. The minimum absolute atomic E-state index is 0.0758. The van der Waals surface area contributed by atoms with E-state index >= 15 is 0 Å².